The summed E-state index contributed by atoms with van der Waals surface area (Å²) in [5, 5.41) is 14.0. The fourth-order valence-electron chi connectivity index (χ4n) is 1.86. The Morgan fingerprint density at radius 2 is 1.75 bits per heavy atom. The Balaban J connectivity index is 2.30. The van der Waals surface area contributed by atoms with Gasteiger partial charge in [0.2, 0.25) is 0 Å². The molecule has 1 atom stereocenters. The molecule has 2 nitrogen and oxygen atoms in total. The molecule has 1 N–H and O–H groups in total. The third-order valence-corrected chi connectivity index (χ3v) is 3.80. The molecular formula is C15H11Cl3N2. The van der Waals surface area contributed by atoms with E-state index in [1.807, 2.05) is 13.0 Å². The highest BCUT2D eigenvalue weighted by molar-refractivity contribution is 6.34. The third kappa shape index (κ3) is 3.37. The van der Waals surface area contributed by atoms with Crippen LogP contribution in [0.25, 0.3) is 0 Å². The van der Waals surface area contributed by atoms with Crippen molar-refractivity contribution < 1.29 is 0 Å². The van der Waals surface area contributed by atoms with E-state index in [4.69, 9.17) is 40.1 Å². The van der Waals surface area contributed by atoms with Gasteiger partial charge in [0.1, 0.15) is 0 Å². The average molecular weight is 326 g/mol. The van der Waals surface area contributed by atoms with Crippen molar-refractivity contribution in [2.24, 2.45) is 0 Å². The van der Waals surface area contributed by atoms with Crippen molar-refractivity contribution in [3.63, 3.8) is 0 Å². The number of hydrogen-bond acceptors (Lipinski definition) is 2. The van der Waals surface area contributed by atoms with Gasteiger partial charge in [0.05, 0.1) is 28.4 Å². The standard InChI is InChI=1S/C15H11Cl3N2/c1-9(12-7-11(16)3-5-13(12)17)20-15-6-10(8-19)2-4-14(15)18/h2-7,9,20H,1H3. The molecule has 2 aromatic carbocycles. The lowest BCUT2D eigenvalue weighted by molar-refractivity contribution is 0.885. The molecule has 0 fully saturated rings. The molecule has 102 valence electrons. The van der Waals surface area contributed by atoms with Crippen LogP contribution >= 0.6 is 34.8 Å². The lowest BCUT2D eigenvalue weighted by Gasteiger charge is -2.18. The minimum Gasteiger partial charge on any atom is -0.377 e. The number of benzene rings is 2. The summed E-state index contributed by atoms with van der Waals surface area (Å²) in [6.07, 6.45) is 0. The summed E-state index contributed by atoms with van der Waals surface area (Å²) >= 11 is 18.3. The largest absolute Gasteiger partial charge is 0.377 e. The second-order valence-electron chi connectivity index (χ2n) is 4.34. The van der Waals surface area contributed by atoms with Crippen LogP contribution in [0.1, 0.15) is 24.1 Å². The van der Waals surface area contributed by atoms with E-state index >= 15 is 0 Å². The summed E-state index contributed by atoms with van der Waals surface area (Å²) in [5.74, 6) is 0. The predicted molar refractivity (Wildman–Crippen MR) is 84.7 cm³/mol. The molecule has 20 heavy (non-hydrogen) atoms. The lowest BCUT2D eigenvalue weighted by Crippen LogP contribution is -2.08. The lowest BCUT2D eigenvalue weighted by atomic mass is 10.1. The monoisotopic (exact) mass is 324 g/mol. The summed E-state index contributed by atoms with van der Waals surface area (Å²) in [5.41, 5.74) is 2.10. The molecule has 2 rings (SSSR count). The molecule has 2 aromatic rings. The molecule has 0 aliphatic heterocycles. The normalized spacial score (nSPS) is 11.8. The molecule has 5 heteroatoms. The van der Waals surface area contributed by atoms with Gasteiger partial charge in [0.25, 0.3) is 0 Å². The van der Waals surface area contributed by atoms with Crippen molar-refractivity contribution >= 4 is 40.5 Å². The van der Waals surface area contributed by atoms with Gasteiger partial charge in [-0.15, -0.1) is 0 Å². The zero-order chi connectivity index (χ0) is 14.7. The number of halogens is 3. The highest BCUT2D eigenvalue weighted by Gasteiger charge is 2.12. The molecule has 0 spiro atoms. The summed E-state index contributed by atoms with van der Waals surface area (Å²) in [7, 11) is 0. The Hall–Kier alpha value is -1.40. The van der Waals surface area contributed by atoms with Crippen LogP contribution in [-0.2, 0) is 0 Å². The summed E-state index contributed by atoms with van der Waals surface area (Å²) in [4.78, 5) is 0. The van der Waals surface area contributed by atoms with Crippen LogP contribution in [0.2, 0.25) is 15.1 Å². The predicted octanol–water partition coefficient (Wildman–Crippen LogP) is 5.69. The number of rotatable bonds is 3. The van der Waals surface area contributed by atoms with Gasteiger partial charge < -0.3 is 5.32 Å². The molecule has 0 saturated heterocycles. The minimum absolute atomic E-state index is 0.0901. The van der Waals surface area contributed by atoms with E-state index in [1.165, 1.54) is 0 Å². The maximum Gasteiger partial charge on any atom is 0.0992 e. The van der Waals surface area contributed by atoms with Crippen LogP contribution in [0.4, 0.5) is 5.69 Å². The summed E-state index contributed by atoms with van der Waals surface area (Å²) in [6.45, 7) is 1.95. The SMILES string of the molecule is CC(Nc1cc(C#N)ccc1Cl)c1cc(Cl)ccc1Cl. The van der Waals surface area contributed by atoms with Crippen molar-refractivity contribution in [3.8, 4) is 6.07 Å². The second kappa shape index (κ2) is 6.37. The van der Waals surface area contributed by atoms with E-state index in [0.717, 1.165) is 5.56 Å². The highest BCUT2D eigenvalue weighted by Crippen LogP contribution is 2.31. The van der Waals surface area contributed by atoms with Crippen molar-refractivity contribution in [3.05, 3.63) is 62.6 Å². The van der Waals surface area contributed by atoms with E-state index in [2.05, 4.69) is 11.4 Å². The Labute approximate surface area is 132 Å². The molecule has 0 bridgehead atoms. The first-order valence-electron chi connectivity index (χ1n) is 5.92. The van der Waals surface area contributed by atoms with Gasteiger partial charge in [-0.05, 0) is 48.9 Å². The molecule has 0 aliphatic rings. The van der Waals surface area contributed by atoms with Crippen LogP contribution in [0.5, 0.6) is 0 Å². The van der Waals surface area contributed by atoms with Crippen molar-refractivity contribution in [2.45, 2.75) is 13.0 Å². The maximum atomic E-state index is 8.93. The summed E-state index contributed by atoms with van der Waals surface area (Å²) in [6, 6.07) is 12.4. The second-order valence-corrected chi connectivity index (χ2v) is 5.59. The van der Waals surface area contributed by atoms with Gasteiger partial charge in [-0.25, -0.2) is 0 Å². The van der Waals surface area contributed by atoms with Crippen molar-refractivity contribution in [1.29, 1.82) is 5.26 Å². The van der Waals surface area contributed by atoms with E-state index in [0.29, 0.717) is 26.3 Å². The number of anilines is 1. The average Bonchev–Trinajstić information content (AvgIpc) is 2.43. The molecule has 0 aromatic heterocycles. The Kier molecular flexibility index (Phi) is 4.77. The van der Waals surface area contributed by atoms with E-state index in [1.54, 1.807) is 30.3 Å². The zero-order valence-corrected chi connectivity index (χ0v) is 12.9. The first kappa shape index (κ1) is 15.0. The molecular weight excluding hydrogens is 315 g/mol. The molecule has 0 radical (unpaired) electrons. The van der Waals surface area contributed by atoms with Gasteiger partial charge in [0.15, 0.2) is 0 Å². The minimum atomic E-state index is -0.0901. The molecule has 0 amide bonds. The van der Waals surface area contributed by atoms with Crippen LogP contribution < -0.4 is 5.32 Å². The maximum absolute atomic E-state index is 8.93. The number of hydrogen-bond donors (Lipinski definition) is 1. The number of nitrogens with one attached hydrogen (secondary N) is 1. The fraction of sp³-hybridized carbons (Fsp3) is 0.133. The Bertz CT molecular complexity index is 677. The topological polar surface area (TPSA) is 35.8 Å². The fourth-order valence-corrected chi connectivity index (χ4v) is 2.50. The number of nitriles is 1. The quantitative estimate of drug-likeness (QED) is 0.786. The third-order valence-electron chi connectivity index (χ3n) is 2.89. The van der Waals surface area contributed by atoms with E-state index in [-0.39, 0.29) is 6.04 Å². The van der Waals surface area contributed by atoms with E-state index in [9.17, 15) is 0 Å². The smallest absolute Gasteiger partial charge is 0.0992 e. The van der Waals surface area contributed by atoms with Gasteiger partial charge in [-0.1, -0.05) is 34.8 Å². The highest BCUT2D eigenvalue weighted by atomic mass is 35.5. The van der Waals surface area contributed by atoms with E-state index < -0.39 is 0 Å². The first-order valence-corrected chi connectivity index (χ1v) is 7.06. The molecule has 0 aliphatic carbocycles. The Morgan fingerprint density at radius 3 is 2.45 bits per heavy atom. The number of nitrogens with zero attached hydrogens (tertiary/aromatic N) is 1. The van der Waals surface area contributed by atoms with Gasteiger partial charge in [-0.3, -0.25) is 0 Å². The van der Waals surface area contributed by atoms with Gasteiger partial charge in [-0.2, -0.15) is 5.26 Å². The molecule has 0 heterocycles. The Morgan fingerprint density at radius 1 is 1.05 bits per heavy atom. The zero-order valence-electron chi connectivity index (χ0n) is 10.6. The molecule has 0 saturated carbocycles. The van der Waals surface area contributed by atoms with Crippen molar-refractivity contribution in [1.82, 2.24) is 0 Å². The van der Waals surface area contributed by atoms with Gasteiger partial charge in [0, 0.05) is 10.0 Å². The summed E-state index contributed by atoms with van der Waals surface area (Å²) < 4.78 is 0. The van der Waals surface area contributed by atoms with Crippen LogP contribution in [0, 0.1) is 11.3 Å². The van der Waals surface area contributed by atoms with Crippen LogP contribution in [0.15, 0.2) is 36.4 Å². The van der Waals surface area contributed by atoms with Gasteiger partial charge >= 0.3 is 0 Å². The molecule has 1 unspecified atom stereocenters. The van der Waals surface area contributed by atoms with Crippen LogP contribution in [-0.4, -0.2) is 0 Å². The van der Waals surface area contributed by atoms with Crippen molar-refractivity contribution in [2.75, 3.05) is 5.32 Å². The first-order chi connectivity index (χ1) is 9.51. The van der Waals surface area contributed by atoms with Crippen LogP contribution in [0.3, 0.4) is 0 Å².